The molecule has 0 radical (unpaired) electrons. The molecule has 2 N–H and O–H groups in total. The predicted octanol–water partition coefficient (Wildman–Crippen LogP) is 2.64. The summed E-state index contributed by atoms with van der Waals surface area (Å²) in [5.41, 5.74) is 1.18. The zero-order chi connectivity index (χ0) is 18.1. The summed E-state index contributed by atoms with van der Waals surface area (Å²) in [7, 11) is 0. The Morgan fingerprint density at radius 2 is 1.75 bits per heavy atom. The van der Waals surface area contributed by atoms with E-state index in [1.54, 1.807) is 25.6 Å². The third-order valence-corrected chi connectivity index (χ3v) is 3.94. The first-order valence-electron chi connectivity index (χ1n) is 7.78. The molecule has 1 aromatic carbocycles. The average Bonchev–Trinajstić information content (AvgIpc) is 2.48. The quantitative estimate of drug-likeness (QED) is 0.582. The number of hydrogen-bond donors (Lipinski definition) is 2. The van der Waals surface area contributed by atoms with Crippen LogP contribution in [0.15, 0.2) is 29.2 Å². The highest BCUT2D eigenvalue weighted by Gasteiger charge is 2.20. The van der Waals surface area contributed by atoms with Crippen molar-refractivity contribution in [3.05, 3.63) is 29.8 Å². The van der Waals surface area contributed by atoms with Crippen molar-refractivity contribution in [3.63, 3.8) is 0 Å². The van der Waals surface area contributed by atoms with E-state index in [-0.39, 0.29) is 12.5 Å². The molecule has 0 aliphatic rings. The van der Waals surface area contributed by atoms with Crippen molar-refractivity contribution in [2.24, 2.45) is 0 Å². The number of thioether (sulfide) groups is 1. The number of nitrogens with one attached hydrogen (secondary N) is 2. The summed E-state index contributed by atoms with van der Waals surface area (Å²) in [5.74, 6) is -0.557. The minimum atomic E-state index is -1.01. The highest BCUT2D eigenvalue weighted by atomic mass is 32.2. The molecule has 0 saturated heterocycles. The summed E-state index contributed by atoms with van der Waals surface area (Å²) in [4.78, 5) is 36.0. The highest BCUT2D eigenvalue weighted by molar-refractivity contribution is 7.99. The van der Waals surface area contributed by atoms with Crippen molar-refractivity contribution in [3.8, 4) is 0 Å². The molecule has 0 heterocycles. The number of carbonyl (C=O) groups excluding carboxylic acids is 3. The first-order valence-corrected chi connectivity index (χ1v) is 8.76. The summed E-state index contributed by atoms with van der Waals surface area (Å²) in [5, 5.41) is 4.66. The molecule has 7 heteroatoms. The Morgan fingerprint density at radius 1 is 1.12 bits per heavy atom. The van der Waals surface area contributed by atoms with Gasteiger partial charge in [0.2, 0.25) is 0 Å². The molecule has 24 heavy (non-hydrogen) atoms. The van der Waals surface area contributed by atoms with E-state index < -0.39 is 24.0 Å². The molecule has 0 bridgehead atoms. The zero-order valence-electron chi connectivity index (χ0n) is 14.4. The van der Waals surface area contributed by atoms with Crippen LogP contribution in [0.2, 0.25) is 0 Å². The third kappa shape index (κ3) is 8.01. The lowest BCUT2D eigenvalue weighted by Gasteiger charge is -2.14. The number of rotatable bonds is 7. The van der Waals surface area contributed by atoms with Crippen molar-refractivity contribution < 1.29 is 19.1 Å². The molecule has 1 aromatic rings. The average molecular weight is 352 g/mol. The van der Waals surface area contributed by atoms with Crippen molar-refractivity contribution in [2.45, 2.75) is 51.2 Å². The molecule has 6 nitrogen and oxygen atoms in total. The van der Waals surface area contributed by atoms with Crippen molar-refractivity contribution >= 4 is 29.7 Å². The third-order valence-electron chi connectivity index (χ3n) is 2.93. The molecule has 1 rings (SSSR count). The van der Waals surface area contributed by atoms with Crippen LogP contribution in [0.1, 0.15) is 32.8 Å². The van der Waals surface area contributed by atoms with E-state index in [4.69, 9.17) is 4.74 Å². The van der Waals surface area contributed by atoms with Crippen LogP contribution in [-0.2, 0) is 14.3 Å². The second-order valence-corrected chi connectivity index (χ2v) is 6.83. The summed E-state index contributed by atoms with van der Waals surface area (Å²) in [6.07, 6.45) is -0.825. The van der Waals surface area contributed by atoms with Crippen LogP contribution in [-0.4, -0.2) is 35.8 Å². The number of carbonyl (C=O) groups is 3. The molecule has 1 atom stereocenters. The number of esters is 1. The first kappa shape index (κ1) is 20.0. The van der Waals surface area contributed by atoms with Gasteiger partial charge in [-0.25, -0.2) is 4.79 Å². The molecule has 3 amide bonds. The fourth-order valence-electron chi connectivity index (χ4n) is 1.71. The zero-order valence-corrected chi connectivity index (χ0v) is 15.2. The van der Waals surface area contributed by atoms with E-state index in [9.17, 15) is 14.4 Å². The molecular formula is C17H24N2O4S. The second-order valence-electron chi connectivity index (χ2n) is 5.66. The SMILES string of the molecule is Cc1ccc(SCCC(=O)OC(C)C(=O)NC(=O)NC(C)C)cc1. The van der Waals surface area contributed by atoms with Gasteiger partial charge < -0.3 is 10.1 Å². The van der Waals surface area contributed by atoms with Crippen LogP contribution in [0.25, 0.3) is 0 Å². The largest absolute Gasteiger partial charge is 0.453 e. The standard InChI is InChI=1S/C17H24N2O4S/c1-11(2)18-17(22)19-16(21)13(4)23-15(20)9-10-24-14-7-5-12(3)6-8-14/h5-8,11,13H,9-10H2,1-4H3,(H2,18,19,21,22). The molecular weight excluding hydrogens is 328 g/mol. The number of hydrogen-bond acceptors (Lipinski definition) is 5. The van der Waals surface area contributed by atoms with Crippen molar-refractivity contribution in [1.29, 1.82) is 0 Å². The van der Waals surface area contributed by atoms with E-state index in [2.05, 4.69) is 10.6 Å². The van der Waals surface area contributed by atoms with Crippen LogP contribution < -0.4 is 10.6 Å². The predicted molar refractivity (Wildman–Crippen MR) is 93.9 cm³/mol. The van der Waals surface area contributed by atoms with Gasteiger partial charge in [0.1, 0.15) is 0 Å². The Labute approximate surface area is 146 Å². The smallest absolute Gasteiger partial charge is 0.321 e. The second kappa shape index (κ2) is 9.97. The van der Waals surface area contributed by atoms with Gasteiger partial charge in [0.05, 0.1) is 6.42 Å². The fraction of sp³-hybridized carbons (Fsp3) is 0.471. The van der Waals surface area contributed by atoms with Gasteiger partial charge in [-0.1, -0.05) is 17.7 Å². The van der Waals surface area contributed by atoms with Crippen LogP contribution in [0.4, 0.5) is 4.79 Å². The molecule has 0 aromatic heterocycles. The van der Waals surface area contributed by atoms with Gasteiger partial charge in [-0.2, -0.15) is 0 Å². The lowest BCUT2D eigenvalue weighted by Crippen LogP contribution is -2.46. The lowest BCUT2D eigenvalue weighted by molar-refractivity contribution is -0.154. The van der Waals surface area contributed by atoms with Gasteiger partial charge in [-0.3, -0.25) is 14.9 Å². The van der Waals surface area contributed by atoms with Gasteiger partial charge in [-0.05, 0) is 39.8 Å². The summed E-state index contributed by atoms with van der Waals surface area (Å²) < 4.78 is 5.03. The minimum Gasteiger partial charge on any atom is -0.453 e. The number of benzene rings is 1. The van der Waals surface area contributed by atoms with E-state index in [0.717, 1.165) is 4.90 Å². The molecule has 0 aliphatic carbocycles. The first-order chi connectivity index (χ1) is 11.3. The maximum Gasteiger partial charge on any atom is 0.321 e. The Bertz CT molecular complexity index is 572. The molecule has 0 aliphatic heterocycles. The highest BCUT2D eigenvalue weighted by Crippen LogP contribution is 2.19. The summed E-state index contributed by atoms with van der Waals surface area (Å²) >= 11 is 1.54. The van der Waals surface area contributed by atoms with E-state index in [1.807, 2.05) is 31.2 Å². The van der Waals surface area contributed by atoms with Gasteiger partial charge in [0.15, 0.2) is 6.10 Å². The van der Waals surface area contributed by atoms with Gasteiger partial charge in [0, 0.05) is 16.7 Å². The number of imide groups is 1. The van der Waals surface area contributed by atoms with Crippen LogP contribution >= 0.6 is 11.8 Å². The summed E-state index contributed by atoms with van der Waals surface area (Å²) in [6, 6.07) is 7.32. The molecule has 0 saturated carbocycles. The van der Waals surface area contributed by atoms with Crippen LogP contribution in [0, 0.1) is 6.92 Å². The van der Waals surface area contributed by atoms with E-state index in [0.29, 0.717) is 5.75 Å². The fourth-order valence-corrected chi connectivity index (χ4v) is 2.54. The maximum atomic E-state index is 11.7. The van der Waals surface area contributed by atoms with Crippen LogP contribution in [0.3, 0.4) is 0 Å². The van der Waals surface area contributed by atoms with Crippen LogP contribution in [0.5, 0.6) is 0 Å². The summed E-state index contributed by atoms with van der Waals surface area (Å²) in [6.45, 7) is 7.00. The van der Waals surface area contributed by atoms with Crippen molar-refractivity contribution in [1.82, 2.24) is 10.6 Å². The Balaban J connectivity index is 2.29. The number of aryl methyl sites for hydroxylation is 1. The molecule has 0 fully saturated rings. The molecule has 132 valence electrons. The Kier molecular flexibility index (Phi) is 8.32. The van der Waals surface area contributed by atoms with E-state index in [1.165, 1.54) is 12.5 Å². The van der Waals surface area contributed by atoms with Crippen molar-refractivity contribution in [2.75, 3.05) is 5.75 Å². The van der Waals surface area contributed by atoms with E-state index >= 15 is 0 Å². The monoisotopic (exact) mass is 352 g/mol. The lowest BCUT2D eigenvalue weighted by atomic mass is 10.2. The minimum absolute atomic E-state index is 0.0885. The topological polar surface area (TPSA) is 84.5 Å². The molecule has 0 spiro atoms. The maximum absolute atomic E-state index is 11.7. The number of urea groups is 1. The van der Waals surface area contributed by atoms with Gasteiger partial charge in [-0.15, -0.1) is 11.8 Å². The molecule has 1 unspecified atom stereocenters. The van der Waals surface area contributed by atoms with Gasteiger partial charge >= 0.3 is 12.0 Å². The number of amides is 3. The normalized spacial score (nSPS) is 11.7. The number of ether oxygens (including phenoxy) is 1. The Hall–Kier alpha value is -2.02. The van der Waals surface area contributed by atoms with Gasteiger partial charge in [0.25, 0.3) is 5.91 Å². The Morgan fingerprint density at radius 3 is 2.33 bits per heavy atom.